The largest absolute Gasteiger partial charge is 0.496 e. The van der Waals surface area contributed by atoms with E-state index in [0.717, 1.165) is 55.3 Å². The molecule has 1 amide bonds. The van der Waals surface area contributed by atoms with Gasteiger partial charge in [-0.2, -0.15) is 5.10 Å². The maximum atomic E-state index is 13.2. The molecule has 7 heteroatoms. The average molecular weight is 503 g/mol. The molecule has 1 fully saturated rings. The number of benzene rings is 3. The summed E-state index contributed by atoms with van der Waals surface area (Å²) < 4.78 is 18.8. The van der Waals surface area contributed by atoms with Gasteiger partial charge in [0.05, 0.1) is 13.3 Å². The van der Waals surface area contributed by atoms with Gasteiger partial charge in [-0.1, -0.05) is 32.9 Å². The second-order valence-electron chi connectivity index (χ2n) is 10.3. The molecule has 1 heterocycles. The topological polar surface area (TPSA) is 57.2 Å². The number of piperazine rings is 1. The van der Waals surface area contributed by atoms with E-state index in [2.05, 4.69) is 41.1 Å². The van der Waals surface area contributed by atoms with Gasteiger partial charge in [0.2, 0.25) is 0 Å². The smallest absolute Gasteiger partial charge is 0.271 e. The fraction of sp³-hybridized carbons (Fsp3) is 0.333. The van der Waals surface area contributed by atoms with Crippen LogP contribution >= 0.6 is 0 Å². The Morgan fingerprint density at radius 3 is 2.30 bits per heavy atom. The van der Waals surface area contributed by atoms with E-state index in [1.54, 1.807) is 13.3 Å². The van der Waals surface area contributed by atoms with Gasteiger partial charge in [0.15, 0.2) is 0 Å². The van der Waals surface area contributed by atoms with Crippen LogP contribution in [0, 0.1) is 5.82 Å². The van der Waals surface area contributed by atoms with Crippen molar-refractivity contribution in [1.82, 2.24) is 10.3 Å². The molecule has 1 saturated heterocycles. The van der Waals surface area contributed by atoms with Crippen LogP contribution in [0.3, 0.4) is 0 Å². The molecule has 37 heavy (non-hydrogen) atoms. The summed E-state index contributed by atoms with van der Waals surface area (Å²) >= 11 is 0. The maximum Gasteiger partial charge on any atom is 0.271 e. The molecule has 194 valence electrons. The molecule has 4 rings (SSSR count). The number of hydrogen-bond acceptors (Lipinski definition) is 5. The SMILES string of the molecule is COc1ccc(/C=N/NC(=O)c2ccc(C(C)(C)C)cc2)cc1CN1CCN(c2ccc(F)cc2)CC1. The molecular formula is C30H35FN4O2. The zero-order valence-electron chi connectivity index (χ0n) is 22.0. The van der Waals surface area contributed by atoms with Crippen molar-refractivity contribution >= 4 is 17.8 Å². The van der Waals surface area contributed by atoms with Crippen molar-refractivity contribution in [2.75, 3.05) is 38.2 Å². The summed E-state index contributed by atoms with van der Waals surface area (Å²) in [6.07, 6.45) is 1.65. The summed E-state index contributed by atoms with van der Waals surface area (Å²) in [6.45, 7) is 10.7. The van der Waals surface area contributed by atoms with Crippen LogP contribution in [0.2, 0.25) is 0 Å². The summed E-state index contributed by atoms with van der Waals surface area (Å²) in [5, 5.41) is 4.17. The van der Waals surface area contributed by atoms with Crippen LogP contribution in [0.5, 0.6) is 5.75 Å². The first kappa shape index (κ1) is 26.4. The number of hydrazone groups is 1. The summed E-state index contributed by atoms with van der Waals surface area (Å²) in [4.78, 5) is 17.1. The van der Waals surface area contributed by atoms with Gasteiger partial charge in [-0.05, 0) is 71.1 Å². The number of carbonyl (C=O) groups excluding carboxylic acids is 1. The van der Waals surface area contributed by atoms with Crippen LogP contribution in [0.4, 0.5) is 10.1 Å². The van der Waals surface area contributed by atoms with Gasteiger partial charge in [0.1, 0.15) is 11.6 Å². The van der Waals surface area contributed by atoms with Crippen molar-refractivity contribution in [2.45, 2.75) is 32.7 Å². The first-order valence-electron chi connectivity index (χ1n) is 12.6. The lowest BCUT2D eigenvalue weighted by Crippen LogP contribution is -2.46. The van der Waals surface area contributed by atoms with Gasteiger partial charge in [-0.15, -0.1) is 0 Å². The van der Waals surface area contributed by atoms with E-state index in [0.29, 0.717) is 5.56 Å². The number of rotatable bonds is 7. The fourth-order valence-corrected chi connectivity index (χ4v) is 4.41. The Bertz CT molecular complexity index is 1230. The monoisotopic (exact) mass is 502 g/mol. The standard InChI is InChI=1S/C30H35FN4O2/c1-30(2,3)25-8-6-23(7-9-25)29(36)33-32-20-22-5-14-28(37-4)24(19-22)21-34-15-17-35(18-16-34)27-12-10-26(31)11-13-27/h5-14,19-20H,15-18,21H2,1-4H3,(H,33,36)/b32-20+. The molecule has 0 atom stereocenters. The molecule has 1 aliphatic heterocycles. The minimum absolute atomic E-state index is 0.0371. The van der Waals surface area contributed by atoms with Crippen LogP contribution in [-0.2, 0) is 12.0 Å². The third-order valence-corrected chi connectivity index (χ3v) is 6.66. The van der Waals surface area contributed by atoms with Crippen LogP contribution < -0.4 is 15.1 Å². The summed E-state index contributed by atoms with van der Waals surface area (Å²) in [5.41, 5.74) is 7.39. The zero-order chi connectivity index (χ0) is 26.4. The molecule has 0 unspecified atom stereocenters. The Balaban J connectivity index is 1.35. The third-order valence-electron chi connectivity index (χ3n) is 6.66. The van der Waals surface area contributed by atoms with E-state index in [1.165, 1.54) is 17.7 Å². The number of methoxy groups -OCH3 is 1. The molecule has 0 aliphatic carbocycles. The molecule has 3 aromatic rings. The van der Waals surface area contributed by atoms with Crippen LogP contribution in [0.15, 0.2) is 71.8 Å². The lowest BCUT2D eigenvalue weighted by Gasteiger charge is -2.36. The minimum atomic E-state index is -0.246. The number of nitrogens with zero attached hydrogens (tertiary/aromatic N) is 3. The second kappa shape index (κ2) is 11.6. The Morgan fingerprint density at radius 2 is 1.68 bits per heavy atom. The Hall–Kier alpha value is -3.71. The van der Waals surface area contributed by atoms with Gasteiger partial charge < -0.3 is 9.64 Å². The molecule has 0 aromatic heterocycles. The molecule has 3 aromatic carbocycles. The Morgan fingerprint density at radius 1 is 1.00 bits per heavy atom. The van der Waals surface area contributed by atoms with E-state index in [-0.39, 0.29) is 17.1 Å². The average Bonchev–Trinajstić information content (AvgIpc) is 2.89. The summed E-state index contributed by atoms with van der Waals surface area (Å²) in [7, 11) is 1.67. The number of anilines is 1. The molecular weight excluding hydrogens is 467 g/mol. The summed E-state index contributed by atoms with van der Waals surface area (Å²) in [6, 6.07) is 20.2. The predicted octanol–water partition coefficient (Wildman–Crippen LogP) is 5.22. The molecule has 0 radical (unpaired) electrons. The zero-order valence-corrected chi connectivity index (χ0v) is 22.0. The number of amides is 1. The van der Waals surface area contributed by atoms with E-state index >= 15 is 0 Å². The van der Waals surface area contributed by atoms with Crippen molar-refractivity contribution < 1.29 is 13.9 Å². The predicted molar refractivity (Wildman–Crippen MR) is 147 cm³/mol. The number of nitrogens with one attached hydrogen (secondary N) is 1. The van der Waals surface area contributed by atoms with Crippen molar-refractivity contribution in [3.8, 4) is 5.75 Å². The number of carbonyl (C=O) groups is 1. The van der Waals surface area contributed by atoms with Gasteiger partial charge in [0.25, 0.3) is 5.91 Å². The van der Waals surface area contributed by atoms with Gasteiger partial charge in [-0.3, -0.25) is 9.69 Å². The van der Waals surface area contributed by atoms with Crippen molar-refractivity contribution in [3.63, 3.8) is 0 Å². The van der Waals surface area contributed by atoms with E-state index in [4.69, 9.17) is 4.74 Å². The normalized spacial score (nSPS) is 14.7. The van der Waals surface area contributed by atoms with Crippen molar-refractivity contribution in [2.24, 2.45) is 5.10 Å². The molecule has 0 spiro atoms. The van der Waals surface area contributed by atoms with Crippen LogP contribution in [0.1, 0.15) is 47.8 Å². The highest BCUT2D eigenvalue weighted by molar-refractivity contribution is 5.95. The lowest BCUT2D eigenvalue weighted by molar-refractivity contribution is 0.0955. The van der Waals surface area contributed by atoms with Crippen molar-refractivity contribution in [3.05, 3.63) is 94.8 Å². The first-order valence-corrected chi connectivity index (χ1v) is 12.6. The third kappa shape index (κ3) is 6.95. The Labute approximate surface area is 218 Å². The molecule has 0 saturated carbocycles. The van der Waals surface area contributed by atoms with E-state index < -0.39 is 0 Å². The van der Waals surface area contributed by atoms with Gasteiger partial charge in [0, 0.05) is 49.5 Å². The van der Waals surface area contributed by atoms with E-state index in [9.17, 15) is 9.18 Å². The van der Waals surface area contributed by atoms with Gasteiger partial charge >= 0.3 is 0 Å². The highest BCUT2D eigenvalue weighted by atomic mass is 19.1. The quantitative estimate of drug-likeness (QED) is 0.356. The number of halogens is 1. The molecule has 0 bridgehead atoms. The van der Waals surface area contributed by atoms with Crippen LogP contribution in [0.25, 0.3) is 0 Å². The first-order chi connectivity index (χ1) is 17.7. The fourth-order valence-electron chi connectivity index (χ4n) is 4.41. The number of ether oxygens (including phenoxy) is 1. The van der Waals surface area contributed by atoms with E-state index in [1.807, 2.05) is 54.6 Å². The second-order valence-corrected chi connectivity index (χ2v) is 10.3. The minimum Gasteiger partial charge on any atom is -0.496 e. The van der Waals surface area contributed by atoms with Crippen molar-refractivity contribution in [1.29, 1.82) is 0 Å². The van der Waals surface area contributed by atoms with Gasteiger partial charge in [-0.25, -0.2) is 9.82 Å². The highest BCUT2D eigenvalue weighted by Gasteiger charge is 2.19. The lowest BCUT2D eigenvalue weighted by atomic mass is 9.87. The van der Waals surface area contributed by atoms with Crippen LogP contribution in [-0.4, -0.2) is 50.3 Å². The number of hydrogen-bond donors (Lipinski definition) is 1. The molecule has 6 nitrogen and oxygen atoms in total. The highest BCUT2D eigenvalue weighted by Crippen LogP contribution is 2.24. The Kier molecular flexibility index (Phi) is 8.24. The maximum absolute atomic E-state index is 13.2. The molecule has 1 N–H and O–H groups in total. The summed E-state index contributed by atoms with van der Waals surface area (Å²) in [5.74, 6) is 0.359. The molecule has 1 aliphatic rings.